The van der Waals surface area contributed by atoms with Gasteiger partial charge in [0.15, 0.2) is 11.5 Å². The number of hydrogen-bond acceptors (Lipinski definition) is 3. The molecule has 0 amide bonds. The van der Waals surface area contributed by atoms with E-state index in [0.717, 1.165) is 24.0 Å². The molecule has 1 aromatic carbocycles. The second-order valence-electron chi connectivity index (χ2n) is 5.07. The van der Waals surface area contributed by atoms with Gasteiger partial charge in [0.05, 0.1) is 20.6 Å². The van der Waals surface area contributed by atoms with Gasteiger partial charge in [-0.15, -0.1) is 0 Å². The predicted octanol–water partition coefficient (Wildman–Crippen LogP) is 2.98. The second-order valence-corrected chi connectivity index (χ2v) is 5.07. The molecule has 1 aromatic rings. The second kappa shape index (κ2) is 5.51. The number of ether oxygens (including phenoxy) is 2. The van der Waals surface area contributed by atoms with E-state index in [9.17, 15) is 4.79 Å². The molecule has 2 rings (SSSR count). The summed E-state index contributed by atoms with van der Waals surface area (Å²) >= 11 is 0. The Morgan fingerprint density at radius 3 is 2.53 bits per heavy atom. The van der Waals surface area contributed by atoms with E-state index in [1.807, 2.05) is 19.1 Å². The van der Waals surface area contributed by atoms with E-state index >= 15 is 0 Å². The van der Waals surface area contributed by atoms with Crippen molar-refractivity contribution in [3.63, 3.8) is 0 Å². The van der Waals surface area contributed by atoms with Crippen LogP contribution in [0.2, 0.25) is 0 Å². The number of hydrogen-bond donors (Lipinski definition) is 1. The molecule has 4 heteroatoms. The number of aryl methyl sites for hydroxylation is 1. The van der Waals surface area contributed by atoms with Crippen molar-refractivity contribution in [2.45, 2.75) is 32.1 Å². The number of methoxy groups -OCH3 is 2. The van der Waals surface area contributed by atoms with Crippen LogP contribution in [0.15, 0.2) is 12.1 Å². The summed E-state index contributed by atoms with van der Waals surface area (Å²) in [4.78, 5) is 11.1. The van der Waals surface area contributed by atoms with Gasteiger partial charge in [0.1, 0.15) is 0 Å². The maximum Gasteiger partial charge on any atom is 0.303 e. The topological polar surface area (TPSA) is 55.8 Å². The molecule has 1 unspecified atom stereocenters. The minimum Gasteiger partial charge on any atom is -0.493 e. The Bertz CT molecular complexity index is 477. The number of carboxylic acid groups (broad SMARTS) is 1. The summed E-state index contributed by atoms with van der Waals surface area (Å²) in [6.07, 6.45) is 2.34. The molecule has 4 nitrogen and oxygen atoms in total. The van der Waals surface area contributed by atoms with Crippen LogP contribution in [-0.4, -0.2) is 25.3 Å². The third kappa shape index (κ3) is 2.83. The highest BCUT2D eigenvalue weighted by molar-refractivity contribution is 5.69. The van der Waals surface area contributed by atoms with Gasteiger partial charge in [-0.3, -0.25) is 4.79 Å². The van der Waals surface area contributed by atoms with Crippen molar-refractivity contribution in [1.29, 1.82) is 0 Å². The van der Waals surface area contributed by atoms with Crippen LogP contribution >= 0.6 is 0 Å². The van der Waals surface area contributed by atoms with E-state index < -0.39 is 5.97 Å². The highest BCUT2D eigenvalue weighted by atomic mass is 16.5. The van der Waals surface area contributed by atoms with Crippen molar-refractivity contribution in [3.8, 4) is 11.5 Å². The molecule has 0 aromatic heterocycles. The van der Waals surface area contributed by atoms with Crippen LogP contribution < -0.4 is 9.47 Å². The van der Waals surface area contributed by atoms with Gasteiger partial charge in [0, 0.05) is 11.5 Å². The van der Waals surface area contributed by atoms with Crippen LogP contribution in [0.3, 0.4) is 0 Å². The molecule has 0 saturated heterocycles. The third-order valence-corrected chi connectivity index (χ3v) is 3.76. The van der Waals surface area contributed by atoms with E-state index in [1.54, 1.807) is 14.2 Å². The lowest BCUT2D eigenvalue weighted by Gasteiger charge is -2.22. The van der Waals surface area contributed by atoms with E-state index in [0.29, 0.717) is 17.4 Å². The number of carboxylic acids is 1. The molecule has 0 spiro atoms. The average molecular weight is 264 g/mol. The first kappa shape index (κ1) is 13.7. The molecule has 1 atom stereocenters. The zero-order chi connectivity index (χ0) is 14.0. The maximum atomic E-state index is 11.1. The van der Waals surface area contributed by atoms with E-state index in [2.05, 4.69) is 0 Å². The maximum absolute atomic E-state index is 11.1. The lowest BCUT2D eigenvalue weighted by Crippen LogP contribution is -2.11. The van der Waals surface area contributed by atoms with Crippen LogP contribution in [0.1, 0.15) is 36.3 Å². The van der Waals surface area contributed by atoms with Crippen molar-refractivity contribution in [1.82, 2.24) is 0 Å². The van der Waals surface area contributed by atoms with E-state index in [-0.39, 0.29) is 12.3 Å². The highest BCUT2D eigenvalue weighted by Crippen LogP contribution is 2.50. The number of benzene rings is 1. The minimum absolute atomic E-state index is 0.0162. The van der Waals surface area contributed by atoms with Gasteiger partial charge in [-0.2, -0.15) is 0 Å². The van der Waals surface area contributed by atoms with Crippen molar-refractivity contribution in [2.75, 3.05) is 14.2 Å². The molecule has 1 fully saturated rings. The molecule has 0 aliphatic heterocycles. The van der Waals surface area contributed by atoms with Gasteiger partial charge in [-0.1, -0.05) is 6.07 Å². The predicted molar refractivity (Wildman–Crippen MR) is 72.0 cm³/mol. The summed E-state index contributed by atoms with van der Waals surface area (Å²) in [6, 6.07) is 3.83. The Morgan fingerprint density at radius 2 is 2.05 bits per heavy atom. The first-order valence-electron chi connectivity index (χ1n) is 6.51. The monoisotopic (exact) mass is 264 g/mol. The molecule has 1 aliphatic rings. The quantitative estimate of drug-likeness (QED) is 0.858. The minimum atomic E-state index is -0.763. The zero-order valence-electron chi connectivity index (χ0n) is 11.6. The fourth-order valence-electron chi connectivity index (χ4n) is 2.70. The molecular weight excluding hydrogens is 244 g/mol. The fraction of sp³-hybridized carbons (Fsp3) is 0.533. The fourth-order valence-corrected chi connectivity index (χ4v) is 2.70. The summed E-state index contributed by atoms with van der Waals surface area (Å²) < 4.78 is 10.8. The Labute approximate surface area is 113 Å². The van der Waals surface area contributed by atoms with Crippen LogP contribution in [0.25, 0.3) is 0 Å². The van der Waals surface area contributed by atoms with Gasteiger partial charge in [0.2, 0.25) is 0 Å². The summed E-state index contributed by atoms with van der Waals surface area (Å²) in [5, 5.41) is 9.13. The number of aliphatic carboxylic acids is 1. The van der Waals surface area contributed by atoms with Gasteiger partial charge in [0.25, 0.3) is 0 Å². The molecule has 1 N–H and O–H groups in total. The zero-order valence-corrected chi connectivity index (χ0v) is 11.6. The van der Waals surface area contributed by atoms with Crippen molar-refractivity contribution in [2.24, 2.45) is 5.92 Å². The van der Waals surface area contributed by atoms with Gasteiger partial charge in [-0.05, 0) is 37.3 Å². The van der Waals surface area contributed by atoms with E-state index in [1.165, 1.54) is 0 Å². The van der Waals surface area contributed by atoms with Crippen LogP contribution in [0, 0.1) is 12.8 Å². The number of carbonyl (C=O) groups is 1. The van der Waals surface area contributed by atoms with Crippen LogP contribution in [0.4, 0.5) is 0 Å². The molecule has 1 saturated carbocycles. The van der Waals surface area contributed by atoms with Crippen molar-refractivity contribution in [3.05, 3.63) is 23.3 Å². The van der Waals surface area contributed by atoms with Gasteiger partial charge < -0.3 is 14.6 Å². The molecule has 1 aliphatic carbocycles. The van der Waals surface area contributed by atoms with Gasteiger partial charge in [-0.25, -0.2) is 0 Å². The summed E-state index contributed by atoms with van der Waals surface area (Å²) in [6.45, 7) is 1.99. The van der Waals surface area contributed by atoms with Crippen molar-refractivity contribution < 1.29 is 19.4 Å². The average Bonchev–Trinajstić information content (AvgIpc) is 3.19. The Balaban J connectivity index is 2.47. The number of rotatable bonds is 6. The third-order valence-electron chi connectivity index (χ3n) is 3.76. The summed E-state index contributed by atoms with van der Waals surface area (Å²) in [5.41, 5.74) is 2.06. The van der Waals surface area contributed by atoms with Gasteiger partial charge >= 0.3 is 5.97 Å². The Morgan fingerprint density at radius 1 is 1.37 bits per heavy atom. The summed E-state index contributed by atoms with van der Waals surface area (Å²) in [5.74, 6) is 1.05. The lowest BCUT2D eigenvalue weighted by molar-refractivity contribution is -0.137. The molecular formula is C15H20O4. The molecule has 0 heterocycles. The molecule has 104 valence electrons. The standard InChI is InChI=1S/C15H20O4/c1-9-4-7-12(18-2)15(19-3)14(9)11(8-13(16)17)10-5-6-10/h4,7,10-11H,5-6,8H2,1-3H3,(H,16,17). The highest BCUT2D eigenvalue weighted by Gasteiger charge is 2.36. The van der Waals surface area contributed by atoms with Crippen LogP contribution in [0.5, 0.6) is 11.5 Å². The summed E-state index contributed by atoms with van der Waals surface area (Å²) in [7, 11) is 3.20. The first-order valence-corrected chi connectivity index (χ1v) is 6.51. The smallest absolute Gasteiger partial charge is 0.303 e. The van der Waals surface area contributed by atoms with Crippen molar-refractivity contribution >= 4 is 5.97 Å². The largest absolute Gasteiger partial charge is 0.493 e. The molecule has 19 heavy (non-hydrogen) atoms. The first-order chi connectivity index (χ1) is 9.08. The molecule has 0 bridgehead atoms. The van der Waals surface area contributed by atoms with E-state index in [4.69, 9.17) is 14.6 Å². The SMILES string of the molecule is COc1ccc(C)c(C(CC(=O)O)C2CC2)c1OC. The Kier molecular flexibility index (Phi) is 3.98. The van der Waals surface area contributed by atoms with Crippen LogP contribution in [-0.2, 0) is 4.79 Å². The Hall–Kier alpha value is -1.71. The molecule has 0 radical (unpaired) electrons. The normalized spacial score (nSPS) is 15.9. The lowest BCUT2D eigenvalue weighted by atomic mass is 9.87.